The van der Waals surface area contributed by atoms with E-state index in [1.807, 2.05) is 6.92 Å². The SMILES string of the molecule is Cc1ccc(C(=O)O)cc1NCc1ccc(-c2cccc(C(F)(F)F)c2)o1. The van der Waals surface area contributed by atoms with E-state index >= 15 is 0 Å². The zero-order chi connectivity index (χ0) is 19.6. The van der Waals surface area contributed by atoms with Crippen LogP contribution in [0.5, 0.6) is 0 Å². The molecule has 2 aromatic carbocycles. The van der Waals surface area contributed by atoms with Gasteiger partial charge in [-0.2, -0.15) is 13.2 Å². The molecule has 2 N–H and O–H groups in total. The highest BCUT2D eigenvalue weighted by Crippen LogP contribution is 2.32. The molecule has 3 rings (SSSR count). The van der Waals surface area contributed by atoms with E-state index in [2.05, 4.69) is 5.32 Å². The van der Waals surface area contributed by atoms with Gasteiger partial charge in [0.1, 0.15) is 11.5 Å². The van der Waals surface area contributed by atoms with Crippen molar-refractivity contribution in [3.63, 3.8) is 0 Å². The number of nitrogens with one attached hydrogen (secondary N) is 1. The minimum Gasteiger partial charge on any atom is -0.478 e. The summed E-state index contributed by atoms with van der Waals surface area (Å²) in [6.07, 6.45) is -4.42. The smallest absolute Gasteiger partial charge is 0.416 e. The van der Waals surface area contributed by atoms with Gasteiger partial charge < -0.3 is 14.8 Å². The van der Waals surface area contributed by atoms with Crippen molar-refractivity contribution in [2.24, 2.45) is 0 Å². The molecule has 0 bridgehead atoms. The number of aromatic carboxylic acids is 1. The molecule has 0 aliphatic carbocycles. The minimum absolute atomic E-state index is 0.159. The van der Waals surface area contributed by atoms with E-state index in [1.165, 1.54) is 18.2 Å². The molecule has 0 unspecified atom stereocenters. The summed E-state index contributed by atoms with van der Waals surface area (Å²) in [5.41, 5.74) is 1.26. The molecular weight excluding hydrogens is 359 g/mol. The van der Waals surface area contributed by atoms with Gasteiger partial charge in [0.15, 0.2) is 0 Å². The third-order valence-electron chi connectivity index (χ3n) is 4.07. The molecule has 1 heterocycles. The first-order valence-corrected chi connectivity index (χ1v) is 8.08. The fraction of sp³-hybridized carbons (Fsp3) is 0.150. The highest BCUT2D eigenvalue weighted by atomic mass is 19.4. The summed E-state index contributed by atoms with van der Waals surface area (Å²) in [5.74, 6) is -0.181. The second-order valence-electron chi connectivity index (χ2n) is 6.03. The maximum atomic E-state index is 12.8. The summed E-state index contributed by atoms with van der Waals surface area (Å²) in [5, 5.41) is 12.2. The molecule has 0 amide bonds. The van der Waals surface area contributed by atoms with Gasteiger partial charge in [-0.3, -0.25) is 0 Å². The number of carbonyl (C=O) groups is 1. The predicted molar refractivity (Wildman–Crippen MR) is 94.6 cm³/mol. The zero-order valence-corrected chi connectivity index (χ0v) is 14.3. The molecule has 4 nitrogen and oxygen atoms in total. The first kappa shape index (κ1) is 18.6. The Bertz CT molecular complexity index is 977. The standard InChI is InChI=1S/C20H16F3NO3/c1-12-5-6-14(19(25)26)10-17(12)24-11-16-7-8-18(27-16)13-3-2-4-15(9-13)20(21,22)23/h2-10,24H,11H2,1H3,(H,25,26). The first-order chi connectivity index (χ1) is 12.7. The van der Waals surface area contributed by atoms with Crippen LogP contribution in [0.1, 0.15) is 27.2 Å². The summed E-state index contributed by atoms with van der Waals surface area (Å²) < 4.78 is 44.2. The van der Waals surface area contributed by atoms with Crippen LogP contribution < -0.4 is 5.32 Å². The topological polar surface area (TPSA) is 62.5 Å². The van der Waals surface area contributed by atoms with Gasteiger partial charge in [-0.25, -0.2) is 4.79 Å². The van der Waals surface area contributed by atoms with Crippen LogP contribution in [0.15, 0.2) is 59.0 Å². The minimum atomic E-state index is -4.42. The van der Waals surface area contributed by atoms with E-state index in [0.717, 1.165) is 17.7 Å². The van der Waals surface area contributed by atoms with Crippen molar-refractivity contribution in [2.45, 2.75) is 19.6 Å². The number of aryl methyl sites for hydroxylation is 1. The summed E-state index contributed by atoms with van der Waals surface area (Å²) in [7, 11) is 0. The second kappa shape index (κ2) is 7.19. The molecule has 0 aliphatic heterocycles. The van der Waals surface area contributed by atoms with Gasteiger partial charge in [0.05, 0.1) is 17.7 Å². The van der Waals surface area contributed by atoms with Gasteiger partial charge in [0.2, 0.25) is 0 Å². The molecule has 27 heavy (non-hydrogen) atoms. The number of halogens is 3. The maximum absolute atomic E-state index is 12.8. The largest absolute Gasteiger partial charge is 0.478 e. The number of carboxylic acid groups (broad SMARTS) is 1. The Kier molecular flexibility index (Phi) is 4.94. The Labute approximate surface area is 153 Å². The van der Waals surface area contributed by atoms with Crippen molar-refractivity contribution in [3.8, 4) is 11.3 Å². The quantitative estimate of drug-likeness (QED) is 0.611. The average molecular weight is 375 g/mol. The van der Waals surface area contributed by atoms with Gasteiger partial charge in [0, 0.05) is 11.3 Å². The van der Waals surface area contributed by atoms with Crippen LogP contribution in [0.4, 0.5) is 18.9 Å². The molecule has 140 valence electrons. The number of alkyl halides is 3. The molecule has 0 fully saturated rings. The Morgan fingerprint density at radius 1 is 1.11 bits per heavy atom. The highest BCUT2D eigenvalue weighted by molar-refractivity contribution is 5.89. The van der Waals surface area contributed by atoms with E-state index in [1.54, 1.807) is 24.3 Å². The molecule has 0 saturated carbocycles. The van der Waals surface area contributed by atoms with Crippen molar-refractivity contribution >= 4 is 11.7 Å². The number of hydrogen-bond donors (Lipinski definition) is 2. The van der Waals surface area contributed by atoms with Crippen LogP contribution in [-0.2, 0) is 12.7 Å². The van der Waals surface area contributed by atoms with Crippen LogP contribution in [0.2, 0.25) is 0 Å². The van der Waals surface area contributed by atoms with Crippen LogP contribution in [0.25, 0.3) is 11.3 Å². The monoisotopic (exact) mass is 375 g/mol. The Balaban J connectivity index is 1.76. The molecule has 0 spiro atoms. The maximum Gasteiger partial charge on any atom is 0.416 e. The van der Waals surface area contributed by atoms with Gasteiger partial charge in [0.25, 0.3) is 0 Å². The van der Waals surface area contributed by atoms with Crippen molar-refractivity contribution in [1.29, 1.82) is 0 Å². The Hall–Kier alpha value is -3.22. The van der Waals surface area contributed by atoms with Crippen molar-refractivity contribution in [1.82, 2.24) is 0 Å². The molecule has 0 saturated heterocycles. The van der Waals surface area contributed by atoms with E-state index in [-0.39, 0.29) is 12.1 Å². The van der Waals surface area contributed by atoms with Crippen LogP contribution in [0, 0.1) is 6.92 Å². The number of furan rings is 1. The van der Waals surface area contributed by atoms with E-state index in [0.29, 0.717) is 22.8 Å². The molecule has 0 atom stereocenters. The summed E-state index contributed by atoms with van der Waals surface area (Å²) in [4.78, 5) is 11.1. The second-order valence-corrected chi connectivity index (χ2v) is 6.03. The third kappa shape index (κ3) is 4.31. The van der Waals surface area contributed by atoms with Gasteiger partial charge >= 0.3 is 12.1 Å². The lowest BCUT2D eigenvalue weighted by Gasteiger charge is -2.09. The zero-order valence-electron chi connectivity index (χ0n) is 14.3. The molecule has 1 aromatic heterocycles. The van der Waals surface area contributed by atoms with Gasteiger partial charge in [-0.05, 0) is 48.9 Å². The molecular formula is C20H16F3NO3. The lowest BCUT2D eigenvalue weighted by atomic mass is 10.1. The van der Waals surface area contributed by atoms with Crippen LogP contribution in [-0.4, -0.2) is 11.1 Å². The first-order valence-electron chi connectivity index (χ1n) is 8.08. The normalized spacial score (nSPS) is 11.4. The van der Waals surface area contributed by atoms with Crippen molar-refractivity contribution in [2.75, 3.05) is 5.32 Å². The molecule has 3 aromatic rings. The fourth-order valence-electron chi connectivity index (χ4n) is 2.60. The van der Waals surface area contributed by atoms with Gasteiger partial charge in [-0.15, -0.1) is 0 Å². The van der Waals surface area contributed by atoms with Crippen LogP contribution >= 0.6 is 0 Å². The average Bonchev–Trinajstić information content (AvgIpc) is 3.09. The Morgan fingerprint density at radius 3 is 2.59 bits per heavy atom. The molecule has 0 aliphatic rings. The molecule has 7 heteroatoms. The summed E-state index contributed by atoms with van der Waals surface area (Å²) in [6.45, 7) is 2.10. The number of anilines is 1. The van der Waals surface area contributed by atoms with E-state index in [4.69, 9.17) is 9.52 Å². The number of carboxylic acids is 1. The molecule has 0 radical (unpaired) electrons. The van der Waals surface area contributed by atoms with Crippen LogP contribution in [0.3, 0.4) is 0 Å². The Morgan fingerprint density at radius 2 is 1.89 bits per heavy atom. The summed E-state index contributed by atoms with van der Waals surface area (Å²) >= 11 is 0. The summed E-state index contributed by atoms with van der Waals surface area (Å²) in [6, 6.07) is 12.9. The van der Waals surface area contributed by atoms with Crippen molar-refractivity contribution < 1.29 is 27.5 Å². The predicted octanol–water partition coefficient (Wildman–Crippen LogP) is 5.58. The lowest BCUT2D eigenvalue weighted by molar-refractivity contribution is -0.137. The fourth-order valence-corrected chi connectivity index (χ4v) is 2.60. The van der Waals surface area contributed by atoms with Gasteiger partial charge in [-0.1, -0.05) is 18.2 Å². The van der Waals surface area contributed by atoms with E-state index < -0.39 is 17.7 Å². The number of benzene rings is 2. The lowest BCUT2D eigenvalue weighted by Crippen LogP contribution is -2.04. The van der Waals surface area contributed by atoms with Crippen molar-refractivity contribution in [3.05, 3.63) is 77.0 Å². The third-order valence-corrected chi connectivity index (χ3v) is 4.07. The number of rotatable bonds is 5. The number of hydrogen-bond acceptors (Lipinski definition) is 3. The highest BCUT2D eigenvalue weighted by Gasteiger charge is 2.30. The van der Waals surface area contributed by atoms with E-state index in [9.17, 15) is 18.0 Å².